The third-order valence-corrected chi connectivity index (χ3v) is 6.68. The van der Waals surface area contributed by atoms with Crippen LogP contribution in [0.15, 0.2) is 9.64 Å². The first-order valence-electron chi connectivity index (χ1n) is 9.68. The van der Waals surface area contributed by atoms with E-state index in [0.29, 0.717) is 28.3 Å². The number of amides is 1. The lowest BCUT2D eigenvalue weighted by atomic mass is 9.65. The average molecular weight is 382 g/mol. The number of quaternary nitrogens is 1. The molecule has 7 heteroatoms. The predicted octanol–water partition coefficient (Wildman–Crippen LogP) is 2.18. The Kier molecular flexibility index (Phi) is 5.41. The molecule has 1 saturated heterocycles. The van der Waals surface area contributed by atoms with Crippen molar-refractivity contribution in [1.82, 2.24) is 15.1 Å². The molecule has 146 valence electrons. The summed E-state index contributed by atoms with van der Waals surface area (Å²) in [5.41, 5.74) is 0.595. The molecule has 3 rings (SSSR count). The van der Waals surface area contributed by atoms with Gasteiger partial charge < -0.3 is 14.2 Å². The topological polar surface area (TPSA) is 63.7 Å². The minimum Gasteiger partial charge on any atom is -0.410 e. The lowest BCUT2D eigenvalue weighted by molar-refractivity contribution is -0.894. The molecule has 1 amide bonds. The van der Waals surface area contributed by atoms with Gasteiger partial charge in [0.05, 0.1) is 19.8 Å². The van der Waals surface area contributed by atoms with Gasteiger partial charge in [-0.05, 0) is 30.1 Å². The van der Waals surface area contributed by atoms with E-state index in [-0.39, 0.29) is 17.4 Å². The van der Waals surface area contributed by atoms with Crippen molar-refractivity contribution < 1.29 is 14.1 Å². The second kappa shape index (κ2) is 7.15. The molecule has 2 bridgehead atoms. The maximum Gasteiger partial charge on any atom is 0.277 e. The fourth-order valence-corrected chi connectivity index (χ4v) is 5.86. The number of fused-ring (bicyclic) bond motifs is 2. The highest BCUT2D eigenvalue weighted by Gasteiger charge is 2.50. The summed E-state index contributed by atoms with van der Waals surface area (Å²) in [6.45, 7) is 10.00. The SMILES string of the molecule is CC[C@H](c1nnc(SCC(=O)N2C[C@@]3(C)C[C@@H]2CC(C)(C)C3)o1)[NH+](C)C. The van der Waals surface area contributed by atoms with Crippen LogP contribution in [0.3, 0.4) is 0 Å². The van der Waals surface area contributed by atoms with E-state index in [1.165, 1.54) is 23.1 Å². The molecule has 1 aromatic heterocycles. The number of nitrogens with one attached hydrogen (secondary N) is 1. The summed E-state index contributed by atoms with van der Waals surface area (Å²) in [5, 5.41) is 8.82. The van der Waals surface area contributed by atoms with E-state index in [1.807, 2.05) is 0 Å². The van der Waals surface area contributed by atoms with Gasteiger partial charge in [0.2, 0.25) is 5.91 Å². The molecule has 1 N–H and O–H groups in total. The molecule has 2 aliphatic rings. The Labute approximate surface area is 161 Å². The van der Waals surface area contributed by atoms with E-state index in [4.69, 9.17) is 4.42 Å². The molecule has 3 atom stereocenters. The van der Waals surface area contributed by atoms with Crippen molar-refractivity contribution in [2.24, 2.45) is 10.8 Å². The number of aromatic nitrogens is 2. The smallest absolute Gasteiger partial charge is 0.277 e. The second-order valence-electron chi connectivity index (χ2n) is 9.47. The van der Waals surface area contributed by atoms with Gasteiger partial charge in [-0.1, -0.05) is 39.5 Å². The van der Waals surface area contributed by atoms with Crippen molar-refractivity contribution in [3.8, 4) is 0 Å². The molecule has 2 fully saturated rings. The summed E-state index contributed by atoms with van der Waals surface area (Å²) in [7, 11) is 4.17. The molecule has 2 heterocycles. The summed E-state index contributed by atoms with van der Waals surface area (Å²) in [6.07, 6.45) is 4.39. The van der Waals surface area contributed by atoms with Crippen LogP contribution in [-0.4, -0.2) is 53.4 Å². The molecule has 1 aromatic rings. The normalized spacial score (nSPS) is 28.6. The number of carbonyl (C=O) groups is 1. The number of nitrogens with zero attached hydrogens (tertiary/aromatic N) is 3. The van der Waals surface area contributed by atoms with Crippen LogP contribution >= 0.6 is 11.8 Å². The minimum atomic E-state index is 0.200. The molecule has 1 aliphatic heterocycles. The first kappa shape index (κ1) is 19.7. The minimum absolute atomic E-state index is 0.200. The van der Waals surface area contributed by atoms with Crippen LogP contribution in [-0.2, 0) is 4.79 Å². The highest BCUT2D eigenvalue weighted by molar-refractivity contribution is 7.99. The number of hydrogen-bond donors (Lipinski definition) is 1. The molecule has 0 radical (unpaired) electrons. The van der Waals surface area contributed by atoms with Crippen molar-refractivity contribution in [1.29, 1.82) is 0 Å². The quantitative estimate of drug-likeness (QED) is 0.765. The second-order valence-corrected chi connectivity index (χ2v) is 10.4. The summed E-state index contributed by atoms with van der Waals surface area (Å²) in [6, 6.07) is 0.587. The van der Waals surface area contributed by atoms with Crippen molar-refractivity contribution in [2.75, 3.05) is 26.4 Å². The summed E-state index contributed by atoms with van der Waals surface area (Å²) in [4.78, 5) is 16.2. The number of likely N-dealkylation sites (tertiary alicyclic amines) is 1. The zero-order valence-corrected chi connectivity index (χ0v) is 17.8. The maximum absolute atomic E-state index is 12.8. The average Bonchev–Trinajstić information content (AvgIpc) is 3.06. The van der Waals surface area contributed by atoms with Crippen LogP contribution in [0.2, 0.25) is 0 Å². The van der Waals surface area contributed by atoms with Gasteiger partial charge in [-0.2, -0.15) is 0 Å². The van der Waals surface area contributed by atoms with Gasteiger partial charge in [0.1, 0.15) is 0 Å². The first-order chi connectivity index (χ1) is 12.1. The fraction of sp³-hybridized carbons (Fsp3) is 0.842. The summed E-state index contributed by atoms with van der Waals surface area (Å²) < 4.78 is 5.80. The van der Waals surface area contributed by atoms with Gasteiger partial charge in [-0.15, -0.1) is 10.2 Å². The van der Waals surface area contributed by atoms with E-state index in [1.54, 1.807) is 0 Å². The molecular formula is C19H33N4O2S+. The van der Waals surface area contributed by atoms with E-state index in [0.717, 1.165) is 25.8 Å². The van der Waals surface area contributed by atoms with Crippen molar-refractivity contribution in [2.45, 2.75) is 70.7 Å². The Hall–Kier alpha value is -1.08. The Bertz CT molecular complexity index is 660. The number of hydrogen-bond acceptors (Lipinski definition) is 5. The van der Waals surface area contributed by atoms with Crippen LogP contribution in [0, 0.1) is 10.8 Å². The lowest BCUT2D eigenvalue weighted by Gasteiger charge is -2.39. The highest BCUT2D eigenvalue weighted by Crippen LogP contribution is 2.52. The van der Waals surface area contributed by atoms with E-state index in [9.17, 15) is 4.79 Å². The molecule has 0 unspecified atom stereocenters. The summed E-state index contributed by atoms with van der Waals surface area (Å²) in [5.74, 6) is 1.24. The monoisotopic (exact) mass is 381 g/mol. The van der Waals surface area contributed by atoms with Crippen molar-refractivity contribution in [3.63, 3.8) is 0 Å². The largest absolute Gasteiger partial charge is 0.410 e. The molecule has 0 aromatic carbocycles. The van der Waals surface area contributed by atoms with E-state index < -0.39 is 0 Å². The molecule has 26 heavy (non-hydrogen) atoms. The van der Waals surface area contributed by atoms with Gasteiger partial charge >= 0.3 is 0 Å². The molecular weight excluding hydrogens is 348 g/mol. The predicted molar refractivity (Wildman–Crippen MR) is 102 cm³/mol. The zero-order chi connectivity index (χ0) is 19.1. The summed E-state index contributed by atoms with van der Waals surface area (Å²) >= 11 is 1.37. The first-order valence-corrected chi connectivity index (χ1v) is 10.7. The van der Waals surface area contributed by atoms with Crippen molar-refractivity contribution >= 4 is 17.7 Å². The van der Waals surface area contributed by atoms with Crippen LogP contribution in [0.25, 0.3) is 0 Å². The van der Waals surface area contributed by atoms with E-state index in [2.05, 4.69) is 56.9 Å². The number of thioether (sulfide) groups is 1. The van der Waals surface area contributed by atoms with Crippen LogP contribution in [0.4, 0.5) is 0 Å². The molecule has 6 nitrogen and oxygen atoms in total. The Morgan fingerprint density at radius 1 is 1.35 bits per heavy atom. The van der Waals surface area contributed by atoms with Gasteiger partial charge in [-0.25, -0.2) is 0 Å². The Morgan fingerprint density at radius 2 is 2.08 bits per heavy atom. The van der Waals surface area contributed by atoms with Gasteiger partial charge in [-0.3, -0.25) is 4.79 Å². The standard InChI is InChI=1S/C19H32N4O2S/c1-7-14(22(5)6)16-20-21-17(25-16)26-10-15(24)23-12-19(4)9-13(23)8-18(2,3)11-19/h13-14H,7-12H2,1-6H3/p+1/t13-,14+,19-/m0/s1. The Balaban J connectivity index is 1.59. The van der Waals surface area contributed by atoms with E-state index >= 15 is 0 Å². The maximum atomic E-state index is 12.8. The van der Waals surface area contributed by atoms with Gasteiger partial charge in [0, 0.05) is 19.0 Å². The van der Waals surface area contributed by atoms with Gasteiger partial charge in [0.25, 0.3) is 11.1 Å². The fourth-order valence-electron chi connectivity index (χ4n) is 5.21. The third kappa shape index (κ3) is 4.09. The van der Waals surface area contributed by atoms with Crippen LogP contribution in [0.5, 0.6) is 0 Å². The van der Waals surface area contributed by atoms with Gasteiger partial charge in [0.15, 0.2) is 6.04 Å². The van der Waals surface area contributed by atoms with Crippen LogP contribution < -0.4 is 4.90 Å². The number of rotatable bonds is 6. The molecule has 0 spiro atoms. The molecule has 1 aliphatic carbocycles. The third-order valence-electron chi connectivity index (χ3n) is 5.88. The zero-order valence-electron chi connectivity index (χ0n) is 17.0. The Morgan fingerprint density at radius 3 is 2.73 bits per heavy atom. The number of carbonyl (C=O) groups excluding carboxylic acids is 1. The lowest BCUT2D eigenvalue weighted by Crippen LogP contribution is -3.06. The van der Waals surface area contributed by atoms with Crippen molar-refractivity contribution in [3.05, 3.63) is 5.89 Å². The highest BCUT2D eigenvalue weighted by atomic mass is 32.2. The molecule has 1 saturated carbocycles. The van der Waals surface area contributed by atoms with Crippen LogP contribution in [0.1, 0.15) is 65.3 Å².